The summed E-state index contributed by atoms with van der Waals surface area (Å²) in [6.45, 7) is 3.94. The van der Waals surface area contributed by atoms with Crippen LogP contribution in [-0.4, -0.2) is 35.0 Å². The number of hydrogen-bond donors (Lipinski definition) is 1. The van der Waals surface area contributed by atoms with E-state index < -0.39 is 0 Å². The lowest BCUT2D eigenvalue weighted by Gasteiger charge is -2.14. The Hall–Kier alpha value is -3.69. The van der Waals surface area contributed by atoms with Gasteiger partial charge in [0.15, 0.2) is 18.1 Å². The lowest BCUT2D eigenvalue weighted by molar-refractivity contribution is -0.118. The van der Waals surface area contributed by atoms with Crippen LogP contribution in [0.1, 0.15) is 31.7 Å². The van der Waals surface area contributed by atoms with Crippen LogP contribution < -0.4 is 20.3 Å². The Bertz CT molecular complexity index is 1540. The van der Waals surface area contributed by atoms with Gasteiger partial charge in [0.25, 0.3) is 11.5 Å². The lowest BCUT2D eigenvalue weighted by atomic mass is 10.2. The number of para-hydroxylation sites is 1. The minimum atomic E-state index is -0.335. The molecule has 0 aliphatic rings. The highest BCUT2D eigenvalue weighted by Crippen LogP contribution is 2.36. The van der Waals surface area contributed by atoms with Crippen molar-refractivity contribution >= 4 is 56.2 Å². The zero-order valence-electron chi connectivity index (χ0n) is 20.9. The Kier molecular flexibility index (Phi) is 9.15. The number of nitrogens with one attached hydrogen (secondary N) is 1. The van der Waals surface area contributed by atoms with Crippen LogP contribution in [0.4, 0.5) is 5.69 Å². The van der Waals surface area contributed by atoms with Crippen LogP contribution in [0.25, 0.3) is 10.9 Å². The van der Waals surface area contributed by atoms with Crippen molar-refractivity contribution in [3.8, 4) is 11.5 Å². The summed E-state index contributed by atoms with van der Waals surface area (Å²) in [4.78, 5) is 30.2. The highest BCUT2D eigenvalue weighted by Gasteiger charge is 2.15. The molecule has 1 N–H and O–H groups in total. The number of nitrogens with zero attached hydrogens (tertiary/aromatic N) is 3. The van der Waals surface area contributed by atoms with E-state index in [-0.39, 0.29) is 28.8 Å². The number of anilines is 1. The quantitative estimate of drug-likeness (QED) is 0.224. The number of aromatic nitrogens is 2. The average molecular weight is 598 g/mol. The van der Waals surface area contributed by atoms with Crippen molar-refractivity contribution in [3.05, 3.63) is 91.9 Å². The fourth-order valence-electron chi connectivity index (χ4n) is 3.75. The lowest BCUT2D eigenvalue weighted by Crippen LogP contribution is -2.22. The average Bonchev–Trinajstić information content (AvgIpc) is 2.89. The molecule has 0 bridgehead atoms. The number of ether oxygens (including phenoxy) is 2. The topological polar surface area (TPSA) is 94.8 Å². The fourth-order valence-corrected chi connectivity index (χ4v) is 4.38. The van der Waals surface area contributed by atoms with Gasteiger partial charge in [0.1, 0.15) is 5.82 Å². The first-order chi connectivity index (χ1) is 18.4. The Morgan fingerprint density at radius 2 is 1.92 bits per heavy atom. The molecule has 4 rings (SSSR count). The van der Waals surface area contributed by atoms with Gasteiger partial charge >= 0.3 is 0 Å². The number of aryl methyl sites for hydroxylation is 1. The Morgan fingerprint density at radius 3 is 2.66 bits per heavy atom. The maximum atomic E-state index is 13.2. The third-order valence-electron chi connectivity index (χ3n) is 5.41. The number of rotatable bonds is 10. The third kappa shape index (κ3) is 6.59. The first-order valence-corrected chi connectivity index (χ1v) is 13.3. The second kappa shape index (κ2) is 12.7. The zero-order valence-corrected chi connectivity index (χ0v) is 23.3. The first kappa shape index (κ1) is 27.3. The van der Waals surface area contributed by atoms with Gasteiger partial charge in [-0.2, -0.15) is 9.78 Å². The van der Waals surface area contributed by atoms with E-state index >= 15 is 0 Å². The molecule has 196 valence electrons. The van der Waals surface area contributed by atoms with Crippen molar-refractivity contribution in [2.75, 3.05) is 18.5 Å². The smallest absolute Gasteiger partial charge is 0.282 e. The van der Waals surface area contributed by atoms with E-state index in [0.29, 0.717) is 46.8 Å². The van der Waals surface area contributed by atoms with Gasteiger partial charge in [0.2, 0.25) is 0 Å². The fraction of sp³-hybridized carbons (Fsp3) is 0.214. The van der Waals surface area contributed by atoms with Crippen molar-refractivity contribution in [3.63, 3.8) is 0 Å². The normalized spacial score (nSPS) is 11.2. The highest BCUT2D eigenvalue weighted by atomic mass is 79.9. The number of fused-ring (bicyclic) bond motifs is 1. The van der Waals surface area contributed by atoms with E-state index in [9.17, 15) is 9.59 Å². The monoisotopic (exact) mass is 596 g/mol. The highest BCUT2D eigenvalue weighted by molar-refractivity contribution is 9.10. The van der Waals surface area contributed by atoms with Gasteiger partial charge in [-0.1, -0.05) is 52.7 Å². The summed E-state index contributed by atoms with van der Waals surface area (Å²) in [6, 6.07) is 17.8. The Morgan fingerprint density at radius 1 is 1.13 bits per heavy atom. The molecule has 3 aromatic carbocycles. The standard InChI is InChI=1S/C28H26BrClN4O4/c1-3-8-25-33-23-12-11-19(29)15-21(23)28(36)34(25)31-16-18-13-22(30)27(24(14-18)37-4-2)38-17-26(35)32-20-9-6-5-7-10-20/h5-7,9-16H,3-4,8,17H2,1-2H3,(H,32,35). The maximum Gasteiger partial charge on any atom is 0.282 e. The van der Waals surface area contributed by atoms with E-state index in [1.807, 2.05) is 38.1 Å². The number of benzene rings is 3. The summed E-state index contributed by atoms with van der Waals surface area (Å²) >= 11 is 9.93. The van der Waals surface area contributed by atoms with Crippen LogP contribution in [0.2, 0.25) is 5.02 Å². The summed E-state index contributed by atoms with van der Waals surface area (Å²) in [6.07, 6.45) is 2.90. The van der Waals surface area contributed by atoms with Gasteiger partial charge in [-0.15, -0.1) is 0 Å². The molecule has 0 spiro atoms. The summed E-state index contributed by atoms with van der Waals surface area (Å²) in [5.74, 6) is 0.827. The van der Waals surface area contributed by atoms with Crippen LogP contribution in [0, 0.1) is 0 Å². The third-order valence-corrected chi connectivity index (χ3v) is 6.18. The first-order valence-electron chi connectivity index (χ1n) is 12.1. The number of carbonyl (C=O) groups is 1. The van der Waals surface area contributed by atoms with Crippen LogP contribution in [0.15, 0.2) is 75.0 Å². The van der Waals surface area contributed by atoms with Crippen LogP contribution >= 0.6 is 27.5 Å². The van der Waals surface area contributed by atoms with Crippen LogP contribution in [0.3, 0.4) is 0 Å². The molecule has 10 heteroatoms. The summed E-state index contributed by atoms with van der Waals surface area (Å²) in [7, 11) is 0. The number of amides is 1. The van der Waals surface area contributed by atoms with E-state index in [4.69, 9.17) is 21.1 Å². The summed E-state index contributed by atoms with van der Waals surface area (Å²) in [5, 5.41) is 7.91. The molecule has 38 heavy (non-hydrogen) atoms. The van der Waals surface area contributed by atoms with Gasteiger partial charge < -0.3 is 14.8 Å². The van der Waals surface area contributed by atoms with Crippen LogP contribution in [0.5, 0.6) is 11.5 Å². The summed E-state index contributed by atoms with van der Waals surface area (Å²) < 4.78 is 13.5. The minimum Gasteiger partial charge on any atom is -0.490 e. The number of halogens is 2. The molecule has 0 atom stereocenters. The van der Waals surface area contributed by atoms with E-state index in [0.717, 1.165) is 10.9 Å². The molecule has 1 amide bonds. The molecule has 0 fully saturated rings. The molecular formula is C28H26BrClN4O4. The zero-order chi connectivity index (χ0) is 27.1. The van der Waals surface area contributed by atoms with Crippen molar-refractivity contribution < 1.29 is 14.3 Å². The molecule has 1 heterocycles. The SMILES string of the molecule is CCCc1nc2ccc(Br)cc2c(=O)n1N=Cc1cc(Cl)c(OCC(=O)Nc2ccccc2)c(OCC)c1. The predicted molar refractivity (Wildman–Crippen MR) is 154 cm³/mol. The molecular weight excluding hydrogens is 572 g/mol. The molecule has 4 aromatic rings. The van der Waals surface area contributed by atoms with Gasteiger partial charge in [-0.05, 0) is 61.4 Å². The number of carbonyl (C=O) groups excluding carboxylic acids is 1. The van der Waals surface area contributed by atoms with E-state index in [1.165, 1.54) is 10.9 Å². The molecule has 0 unspecified atom stereocenters. The van der Waals surface area contributed by atoms with Crippen molar-refractivity contribution in [2.45, 2.75) is 26.7 Å². The van der Waals surface area contributed by atoms with Crippen molar-refractivity contribution in [2.24, 2.45) is 5.10 Å². The largest absolute Gasteiger partial charge is 0.490 e. The molecule has 8 nitrogen and oxygen atoms in total. The van der Waals surface area contributed by atoms with Crippen molar-refractivity contribution in [1.29, 1.82) is 0 Å². The Balaban J connectivity index is 1.61. The maximum absolute atomic E-state index is 13.2. The summed E-state index contributed by atoms with van der Waals surface area (Å²) in [5.41, 5.74) is 1.60. The predicted octanol–water partition coefficient (Wildman–Crippen LogP) is 6.06. The molecule has 0 saturated heterocycles. The van der Waals surface area contributed by atoms with Gasteiger partial charge in [0.05, 0.1) is 28.7 Å². The van der Waals surface area contributed by atoms with Crippen LogP contribution in [-0.2, 0) is 11.2 Å². The van der Waals surface area contributed by atoms with Gasteiger partial charge in [0, 0.05) is 16.6 Å². The van der Waals surface area contributed by atoms with Crippen molar-refractivity contribution in [1.82, 2.24) is 9.66 Å². The number of hydrogen-bond acceptors (Lipinski definition) is 6. The molecule has 0 aliphatic heterocycles. The molecule has 0 saturated carbocycles. The van der Waals surface area contributed by atoms with Gasteiger partial charge in [-0.3, -0.25) is 9.59 Å². The second-order valence-corrected chi connectivity index (χ2v) is 9.59. The second-order valence-electron chi connectivity index (χ2n) is 8.27. The molecule has 0 aliphatic carbocycles. The van der Waals surface area contributed by atoms with Gasteiger partial charge in [-0.25, -0.2) is 4.98 Å². The Labute approximate surface area is 233 Å². The minimum absolute atomic E-state index is 0.242. The van der Waals surface area contributed by atoms with E-state index in [2.05, 4.69) is 31.3 Å². The van der Waals surface area contributed by atoms with E-state index in [1.54, 1.807) is 36.4 Å². The molecule has 0 radical (unpaired) electrons. The molecule has 1 aromatic heterocycles.